The van der Waals surface area contributed by atoms with Gasteiger partial charge in [0.2, 0.25) is 5.91 Å². The Balaban J connectivity index is 1.47. The van der Waals surface area contributed by atoms with Crippen LogP contribution in [-0.4, -0.2) is 29.3 Å². The maximum absolute atomic E-state index is 12.6. The fourth-order valence-corrected chi connectivity index (χ4v) is 3.64. The van der Waals surface area contributed by atoms with Crippen molar-refractivity contribution in [2.45, 2.75) is 25.7 Å². The molecule has 1 aromatic heterocycles. The molecule has 0 saturated carbocycles. The minimum Gasteiger partial charge on any atom is -0.423 e. The summed E-state index contributed by atoms with van der Waals surface area (Å²) >= 11 is 0. The molecule has 2 aromatic carbocycles. The van der Waals surface area contributed by atoms with E-state index in [-0.39, 0.29) is 6.54 Å². The highest BCUT2D eigenvalue weighted by Crippen LogP contribution is 2.30. The number of primary amides is 1. The third kappa shape index (κ3) is 3.99. The van der Waals surface area contributed by atoms with Gasteiger partial charge in [-0.25, -0.2) is 4.79 Å². The van der Waals surface area contributed by atoms with Crippen LogP contribution >= 0.6 is 0 Å². The first-order chi connectivity index (χ1) is 14.0. The van der Waals surface area contributed by atoms with Gasteiger partial charge in [0.25, 0.3) is 5.91 Å². The van der Waals surface area contributed by atoms with Crippen LogP contribution in [0, 0.1) is 0 Å². The van der Waals surface area contributed by atoms with Crippen LogP contribution in [0.3, 0.4) is 0 Å². The number of ether oxygens (including phenoxy) is 1. The lowest BCUT2D eigenvalue weighted by molar-refractivity contribution is -0.117. The number of benzene rings is 2. The Hall–Kier alpha value is -3.61. The molecule has 29 heavy (non-hydrogen) atoms. The largest absolute Gasteiger partial charge is 0.423 e. The molecule has 4 rings (SSSR count). The second kappa shape index (κ2) is 7.79. The second-order valence-corrected chi connectivity index (χ2v) is 7.11. The minimum absolute atomic E-state index is 0.235. The minimum atomic E-state index is -0.621. The maximum atomic E-state index is 12.6. The Morgan fingerprint density at radius 3 is 2.48 bits per heavy atom. The number of nitrogens with one attached hydrogen (secondary N) is 2. The summed E-state index contributed by atoms with van der Waals surface area (Å²) in [5.41, 5.74) is 9.43. The summed E-state index contributed by atoms with van der Waals surface area (Å²) in [5.74, 6) is -1.17. The van der Waals surface area contributed by atoms with E-state index < -0.39 is 17.8 Å². The first-order valence-electron chi connectivity index (χ1n) is 9.53. The molecule has 1 heterocycles. The van der Waals surface area contributed by atoms with E-state index in [1.165, 1.54) is 41.9 Å². The molecular weight excluding hydrogens is 370 g/mol. The van der Waals surface area contributed by atoms with Crippen molar-refractivity contribution in [3.05, 3.63) is 64.8 Å². The molecule has 4 N–H and O–H groups in total. The lowest BCUT2D eigenvalue weighted by Crippen LogP contribution is -2.33. The zero-order chi connectivity index (χ0) is 20.4. The molecule has 1 aliphatic rings. The van der Waals surface area contributed by atoms with Crippen molar-refractivity contribution in [1.82, 2.24) is 10.3 Å². The molecular formula is C22H21N3O4. The van der Waals surface area contributed by atoms with Crippen LogP contribution in [0.15, 0.2) is 42.5 Å². The van der Waals surface area contributed by atoms with Crippen molar-refractivity contribution in [3.63, 3.8) is 0 Å². The average molecular weight is 391 g/mol. The number of aromatic nitrogens is 1. The van der Waals surface area contributed by atoms with Gasteiger partial charge in [-0.1, -0.05) is 0 Å². The fourth-order valence-electron chi connectivity index (χ4n) is 3.64. The molecule has 1 aliphatic carbocycles. The molecule has 0 saturated heterocycles. The molecule has 0 unspecified atom stereocenters. The van der Waals surface area contributed by atoms with E-state index in [4.69, 9.17) is 10.5 Å². The molecule has 0 atom stereocenters. The van der Waals surface area contributed by atoms with Crippen molar-refractivity contribution < 1.29 is 19.1 Å². The number of amides is 2. The number of hydrogen-bond donors (Lipinski definition) is 3. The molecule has 0 fully saturated rings. The fraction of sp³-hybridized carbons (Fsp3) is 0.227. The summed E-state index contributed by atoms with van der Waals surface area (Å²) < 4.78 is 5.45. The Labute approximate surface area is 167 Å². The van der Waals surface area contributed by atoms with Crippen molar-refractivity contribution in [1.29, 1.82) is 0 Å². The highest BCUT2D eigenvalue weighted by atomic mass is 16.5. The smallest absolute Gasteiger partial charge is 0.343 e. The van der Waals surface area contributed by atoms with E-state index in [1.807, 2.05) is 12.1 Å². The van der Waals surface area contributed by atoms with Crippen molar-refractivity contribution in [2.75, 3.05) is 6.54 Å². The molecule has 0 aliphatic heterocycles. The summed E-state index contributed by atoms with van der Waals surface area (Å²) in [6, 6.07) is 11.6. The summed E-state index contributed by atoms with van der Waals surface area (Å²) in [4.78, 5) is 38.7. The quantitative estimate of drug-likeness (QED) is 0.458. The monoisotopic (exact) mass is 391 g/mol. The topological polar surface area (TPSA) is 114 Å². The number of aromatic amines is 1. The van der Waals surface area contributed by atoms with E-state index in [2.05, 4.69) is 10.3 Å². The highest BCUT2D eigenvalue weighted by molar-refractivity contribution is 5.98. The number of nitrogens with two attached hydrogens (primary N) is 1. The number of carbonyl (C=O) groups excluding carboxylic acids is 3. The molecule has 7 nitrogen and oxygen atoms in total. The van der Waals surface area contributed by atoms with Gasteiger partial charge in [-0.2, -0.15) is 0 Å². The first-order valence-corrected chi connectivity index (χ1v) is 9.53. The standard InChI is InChI=1S/C22H21N3O4/c23-20(26)12-24-21(27)13-5-8-15(9-6-13)29-22(28)14-7-10-19-17(11-14)16-3-1-2-4-18(16)25-19/h5-11,25H,1-4,12H2,(H2,23,26)(H,24,27). The van der Waals surface area contributed by atoms with Crippen LogP contribution in [0.2, 0.25) is 0 Å². The van der Waals surface area contributed by atoms with Gasteiger partial charge in [0.15, 0.2) is 0 Å². The number of aryl methyl sites for hydroxylation is 2. The summed E-state index contributed by atoms with van der Waals surface area (Å²) in [6.07, 6.45) is 4.41. The number of rotatable bonds is 5. The van der Waals surface area contributed by atoms with E-state index in [1.54, 1.807) is 6.07 Å². The highest BCUT2D eigenvalue weighted by Gasteiger charge is 2.17. The van der Waals surface area contributed by atoms with Crippen molar-refractivity contribution in [2.24, 2.45) is 5.73 Å². The molecule has 0 spiro atoms. The lowest BCUT2D eigenvalue weighted by atomic mass is 9.95. The van der Waals surface area contributed by atoms with Gasteiger partial charge in [-0.3, -0.25) is 9.59 Å². The molecule has 148 valence electrons. The van der Waals surface area contributed by atoms with Gasteiger partial charge in [0.1, 0.15) is 5.75 Å². The van der Waals surface area contributed by atoms with E-state index in [0.29, 0.717) is 16.9 Å². The number of fused-ring (bicyclic) bond motifs is 3. The molecule has 0 bridgehead atoms. The lowest BCUT2D eigenvalue weighted by Gasteiger charge is -2.10. The van der Waals surface area contributed by atoms with Crippen molar-refractivity contribution >= 4 is 28.7 Å². The van der Waals surface area contributed by atoms with Gasteiger partial charge in [0.05, 0.1) is 12.1 Å². The molecule has 0 radical (unpaired) electrons. The number of carbonyl (C=O) groups is 3. The third-order valence-corrected chi connectivity index (χ3v) is 5.08. The Bertz CT molecular complexity index is 1100. The van der Waals surface area contributed by atoms with Gasteiger partial charge >= 0.3 is 5.97 Å². The zero-order valence-corrected chi connectivity index (χ0v) is 15.8. The number of hydrogen-bond acceptors (Lipinski definition) is 4. The second-order valence-electron chi connectivity index (χ2n) is 7.11. The summed E-state index contributed by atoms with van der Waals surface area (Å²) in [5, 5.41) is 3.48. The third-order valence-electron chi connectivity index (χ3n) is 5.08. The molecule has 7 heteroatoms. The Morgan fingerprint density at radius 1 is 1.00 bits per heavy atom. The van der Waals surface area contributed by atoms with E-state index in [0.717, 1.165) is 30.2 Å². The van der Waals surface area contributed by atoms with Gasteiger partial charge < -0.3 is 20.8 Å². The molecule has 2 amide bonds. The predicted octanol–water partition coefficient (Wildman–Crippen LogP) is 2.48. The van der Waals surface area contributed by atoms with Gasteiger partial charge in [0, 0.05) is 22.2 Å². The normalized spacial score (nSPS) is 13.0. The van der Waals surface area contributed by atoms with E-state index in [9.17, 15) is 14.4 Å². The van der Waals surface area contributed by atoms with E-state index >= 15 is 0 Å². The van der Waals surface area contributed by atoms with Crippen LogP contribution < -0.4 is 15.8 Å². The Morgan fingerprint density at radius 2 is 1.72 bits per heavy atom. The van der Waals surface area contributed by atoms with Crippen molar-refractivity contribution in [3.8, 4) is 5.75 Å². The van der Waals surface area contributed by atoms with Crippen LogP contribution in [0.5, 0.6) is 5.75 Å². The Kier molecular flexibility index (Phi) is 5.03. The van der Waals surface area contributed by atoms with Gasteiger partial charge in [-0.15, -0.1) is 0 Å². The van der Waals surface area contributed by atoms with Crippen LogP contribution in [0.1, 0.15) is 44.8 Å². The predicted molar refractivity (Wildman–Crippen MR) is 108 cm³/mol. The van der Waals surface area contributed by atoms with Crippen LogP contribution in [-0.2, 0) is 17.6 Å². The molecule has 3 aromatic rings. The first kappa shape index (κ1) is 18.7. The van der Waals surface area contributed by atoms with Crippen LogP contribution in [0.25, 0.3) is 10.9 Å². The number of esters is 1. The summed E-state index contributed by atoms with van der Waals surface area (Å²) in [7, 11) is 0. The zero-order valence-electron chi connectivity index (χ0n) is 15.8. The number of H-pyrrole nitrogens is 1. The maximum Gasteiger partial charge on any atom is 0.343 e. The van der Waals surface area contributed by atoms with Crippen LogP contribution in [0.4, 0.5) is 0 Å². The summed E-state index contributed by atoms with van der Waals surface area (Å²) in [6.45, 7) is -0.235. The average Bonchev–Trinajstić information content (AvgIpc) is 3.10. The van der Waals surface area contributed by atoms with Gasteiger partial charge in [-0.05, 0) is 73.7 Å². The SMILES string of the molecule is NC(=O)CNC(=O)c1ccc(OC(=O)c2ccc3[nH]c4c(c3c2)CCCC4)cc1.